The van der Waals surface area contributed by atoms with Gasteiger partial charge in [-0.25, -0.2) is 4.98 Å². The van der Waals surface area contributed by atoms with Gasteiger partial charge in [0, 0.05) is 44.7 Å². The number of pyridine rings is 1. The maximum atomic E-state index is 5.24. The Balaban J connectivity index is 1.57. The normalized spacial score (nSPS) is 20.4. The summed E-state index contributed by atoms with van der Waals surface area (Å²) in [5.41, 5.74) is 3.97. The van der Waals surface area contributed by atoms with E-state index in [0.717, 1.165) is 68.3 Å². The summed E-state index contributed by atoms with van der Waals surface area (Å²) < 4.78 is 1.18. The first kappa shape index (κ1) is 17.8. The van der Waals surface area contributed by atoms with E-state index < -0.39 is 0 Å². The first-order chi connectivity index (χ1) is 14.4. The molecule has 0 spiro atoms. The van der Waals surface area contributed by atoms with Gasteiger partial charge in [-0.2, -0.15) is 0 Å². The number of aryl methyl sites for hydroxylation is 1. The summed E-state index contributed by atoms with van der Waals surface area (Å²) in [6.07, 6.45) is 8.55. The first-order valence-corrected chi connectivity index (χ1v) is 11.9. The molecule has 3 aliphatic rings. The molecule has 0 saturated carbocycles. The second kappa shape index (κ2) is 7.32. The van der Waals surface area contributed by atoms with Crippen molar-refractivity contribution in [3.8, 4) is 0 Å². The summed E-state index contributed by atoms with van der Waals surface area (Å²) in [7, 11) is 0. The molecular weight excluding hydrogens is 382 g/mol. The minimum atomic E-state index is 1.02. The number of thiophene rings is 1. The molecule has 8 heteroatoms. The summed E-state index contributed by atoms with van der Waals surface area (Å²) >= 11 is 1.77. The van der Waals surface area contributed by atoms with Gasteiger partial charge in [-0.05, 0) is 61.3 Å². The monoisotopic (exact) mass is 409 g/mol. The lowest BCUT2D eigenvalue weighted by molar-refractivity contribution is 0.571. The maximum absolute atomic E-state index is 5.24. The van der Waals surface area contributed by atoms with Gasteiger partial charge in [-0.15, -0.1) is 21.5 Å². The van der Waals surface area contributed by atoms with Gasteiger partial charge in [-0.1, -0.05) is 0 Å². The zero-order valence-corrected chi connectivity index (χ0v) is 17.6. The summed E-state index contributed by atoms with van der Waals surface area (Å²) in [6.45, 7) is 6.29. The number of aromatic nitrogens is 4. The SMILES string of the molecule is C1CCN(c2nnnc3c2sc2nc(N4CCNCC4)c4c(c23)CCCC4)CC1. The fourth-order valence-corrected chi connectivity index (χ4v) is 6.35. The fourth-order valence-electron chi connectivity index (χ4n) is 5.21. The van der Waals surface area contributed by atoms with Crippen molar-refractivity contribution in [2.45, 2.75) is 44.9 Å². The molecule has 6 rings (SSSR count). The van der Waals surface area contributed by atoms with Crippen molar-refractivity contribution in [3.05, 3.63) is 11.1 Å². The molecule has 152 valence electrons. The number of nitrogens with zero attached hydrogens (tertiary/aromatic N) is 6. The average Bonchev–Trinajstić information content (AvgIpc) is 3.18. The number of fused-ring (bicyclic) bond motifs is 5. The summed E-state index contributed by atoms with van der Waals surface area (Å²) in [6, 6.07) is 0. The van der Waals surface area contributed by atoms with Crippen molar-refractivity contribution < 1.29 is 0 Å². The highest BCUT2D eigenvalue weighted by Gasteiger charge is 2.27. The maximum Gasteiger partial charge on any atom is 0.172 e. The van der Waals surface area contributed by atoms with Crippen LogP contribution in [0.3, 0.4) is 0 Å². The van der Waals surface area contributed by atoms with E-state index in [1.807, 2.05) is 0 Å². The Morgan fingerprint density at radius 2 is 1.52 bits per heavy atom. The second-order valence-corrected chi connectivity index (χ2v) is 9.46. The molecule has 0 bridgehead atoms. The molecule has 2 aliphatic heterocycles. The van der Waals surface area contributed by atoms with Crippen LogP contribution in [0, 0.1) is 0 Å². The Morgan fingerprint density at radius 1 is 0.759 bits per heavy atom. The molecule has 1 N–H and O–H groups in total. The third kappa shape index (κ3) is 2.95. The lowest BCUT2D eigenvalue weighted by Crippen LogP contribution is -2.44. The van der Waals surface area contributed by atoms with Crippen LogP contribution < -0.4 is 15.1 Å². The molecule has 2 saturated heterocycles. The number of piperidine rings is 1. The Kier molecular flexibility index (Phi) is 4.49. The van der Waals surface area contributed by atoms with E-state index in [1.54, 1.807) is 11.3 Å². The molecule has 29 heavy (non-hydrogen) atoms. The van der Waals surface area contributed by atoms with Crippen molar-refractivity contribution in [1.29, 1.82) is 0 Å². The van der Waals surface area contributed by atoms with Crippen LogP contribution >= 0.6 is 11.3 Å². The number of piperazine rings is 1. The molecule has 2 fully saturated rings. The zero-order chi connectivity index (χ0) is 19.2. The van der Waals surface area contributed by atoms with E-state index in [0.29, 0.717) is 0 Å². The lowest BCUT2D eigenvalue weighted by Gasteiger charge is -2.32. The lowest BCUT2D eigenvalue weighted by atomic mass is 9.90. The Labute approximate surface area is 174 Å². The average molecular weight is 410 g/mol. The van der Waals surface area contributed by atoms with E-state index in [4.69, 9.17) is 4.98 Å². The van der Waals surface area contributed by atoms with Gasteiger partial charge < -0.3 is 15.1 Å². The van der Waals surface area contributed by atoms with Crippen LogP contribution in [0.25, 0.3) is 20.4 Å². The quantitative estimate of drug-likeness (QED) is 0.698. The molecule has 3 aromatic rings. The van der Waals surface area contributed by atoms with E-state index in [9.17, 15) is 0 Å². The predicted molar refractivity (Wildman–Crippen MR) is 118 cm³/mol. The number of nitrogens with one attached hydrogen (secondary N) is 1. The minimum Gasteiger partial charge on any atom is -0.354 e. The van der Waals surface area contributed by atoms with Crippen molar-refractivity contribution in [3.63, 3.8) is 0 Å². The van der Waals surface area contributed by atoms with Crippen molar-refractivity contribution >= 4 is 43.4 Å². The third-order valence-corrected chi connectivity index (χ3v) is 7.74. The van der Waals surface area contributed by atoms with E-state index in [2.05, 4.69) is 30.5 Å². The van der Waals surface area contributed by atoms with Crippen LogP contribution in [-0.2, 0) is 12.8 Å². The smallest absolute Gasteiger partial charge is 0.172 e. The van der Waals surface area contributed by atoms with Gasteiger partial charge in [0.25, 0.3) is 0 Å². The molecular formula is C21H27N7S. The minimum absolute atomic E-state index is 1.02. The first-order valence-electron chi connectivity index (χ1n) is 11.1. The van der Waals surface area contributed by atoms with Crippen LogP contribution in [0.1, 0.15) is 43.2 Å². The largest absolute Gasteiger partial charge is 0.354 e. The molecule has 0 atom stereocenters. The van der Waals surface area contributed by atoms with E-state index in [1.165, 1.54) is 59.1 Å². The highest BCUT2D eigenvalue weighted by Crippen LogP contribution is 2.43. The molecule has 0 unspecified atom stereocenters. The summed E-state index contributed by atoms with van der Waals surface area (Å²) in [4.78, 5) is 11.2. The number of anilines is 2. The van der Waals surface area contributed by atoms with Crippen LogP contribution in [0.5, 0.6) is 0 Å². The van der Waals surface area contributed by atoms with Gasteiger partial charge in [0.15, 0.2) is 5.82 Å². The van der Waals surface area contributed by atoms with Crippen LogP contribution in [0.2, 0.25) is 0 Å². The third-order valence-electron chi connectivity index (χ3n) is 6.67. The fraction of sp³-hybridized carbons (Fsp3) is 0.619. The van der Waals surface area contributed by atoms with E-state index >= 15 is 0 Å². The van der Waals surface area contributed by atoms with Crippen molar-refractivity contribution in [2.75, 3.05) is 49.1 Å². The topological polar surface area (TPSA) is 70.1 Å². The molecule has 0 amide bonds. The van der Waals surface area contributed by atoms with Gasteiger partial charge >= 0.3 is 0 Å². The van der Waals surface area contributed by atoms with E-state index in [-0.39, 0.29) is 0 Å². The van der Waals surface area contributed by atoms with Crippen LogP contribution in [-0.4, -0.2) is 59.7 Å². The second-order valence-electron chi connectivity index (χ2n) is 8.46. The Bertz CT molecular complexity index is 1050. The number of hydrogen-bond donors (Lipinski definition) is 1. The molecule has 0 aromatic carbocycles. The highest BCUT2D eigenvalue weighted by atomic mass is 32.1. The summed E-state index contributed by atoms with van der Waals surface area (Å²) in [5, 5.41) is 17.9. The predicted octanol–water partition coefficient (Wildman–Crippen LogP) is 2.91. The molecule has 7 nitrogen and oxygen atoms in total. The van der Waals surface area contributed by atoms with Crippen LogP contribution in [0.15, 0.2) is 0 Å². The van der Waals surface area contributed by atoms with Gasteiger partial charge in [0.05, 0.1) is 0 Å². The van der Waals surface area contributed by atoms with Crippen molar-refractivity contribution in [2.24, 2.45) is 0 Å². The molecule has 1 aliphatic carbocycles. The van der Waals surface area contributed by atoms with Gasteiger partial charge in [0.1, 0.15) is 20.9 Å². The van der Waals surface area contributed by atoms with Gasteiger partial charge in [-0.3, -0.25) is 0 Å². The molecule has 5 heterocycles. The Hall–Kier alpha value is -2.06. The zero-order valence-electron chi connectivity index (χ0n) is 16.8. The van der Waals surface area contributed by atoms with Crippen molar-refractivity contribution in [1.82, 2.24) is 25.7 Å². The van der Waals surface area contributed by atoms with Crippen LogP contribution in [0.4, 0.5) is 11.6 Å². The number of rotatable bonds is 2. The standard InChI is InChI=1S/C21H27N7S/c1-4-10-27(11-5-1)20-18-17(24-26-25-20)16-14-6-2-3-7-15(14)19(23-21(16)29-18)28-12-8-22-9-13-28/h22H,1-13H2. The molecule has 3 aromatic heterocycles. The Morgan fingerprint density at radius 3 is 2.34 bits per heavy atom. The summed E-state index contributed by atoms with van der Waals surface area (Å²) in [5.74, 6) is 2.24. The number of hydrogen-bond acceptors (Lipinski definition) is 8. The molecule has 0 radical (unpaired) electrons. The highest BCUT2D eigenvalue weighted by molar-refractivity contribution is 7.26. The van der Waals surface area contributed by atoms with Gasteiger partial charge in [0.2, 0.25) is 0 Å².